The summed E-state index contributed by atoms with van der Waals surface area (Å²) in [5.74, 6) is -1.67. The van der Waals surface area contributed by atoms with Gasteiger partial charge in [0.1, 0.15) is 5.82 Å². The van der Waals surface area contributed by atoms with Crippen LogP contribution in [-0.2, 0) is 14.3 Å². The normalized spacial score (nSPS) is 36.2. The van der Waals surface area contributed by atoms with E-state index in [0.717, 1.165) is 17.7 Å². The molecule has 5 heteroatoms. The molecule has 1 aromatic rings. The minimum absolute atomic E-state index is 0.134. The van der Waals surface area contributed by atoms with E-state index in [2.05, 4.69) is 0 Å². The summed E-state index contributed by atoms with van der Waals surface area (Å²) in [5, 5.41) is 0. The third-order valence-electron chi connectivity index (χ3n) is 4.35. The fourth-order valence-electron chi connectivity index (χ4n) is 3.58. The molecule has 19 heavy (non-hydrogen) atoms. The van der Waals surface area contributed by atoms with E-state index in [4.69, 9.17) is 4.74 Å². The van der Waals surface area contributed by atoms with Gasteiger partial charge in [-0.15, -0.1) is 0 Å². The van der Waals surface area contributed by atoms with Gasteiger partial charge >= 0.3 is 0 Å². The van der Waals surface area contributed by atoms with Crippen molar-refractivity contribution in [1.82, 2.24) is 0 Å². The molecule has 1 aromatic carbocycles. The Hall–Kier alpha value is -1.75. The summed E-state index contributed by atoms with van der Waals surface area (Å²) >= 11 is 0. The van der Waals surface area contributed by atoms with Gasteiger partial charge in [0.05, 0.1) is 29.7 Å². The van der Waals surface area contributed by atoms with Crippen LogP contribution < -0.4 is 4.90 Å². The Kier molecular flexibility index (Phi) is 2.12. The molecule has 3 fully saturated rings. The van der Waals surface area contributed by atoms with Gasteiger partial charge in [-0.25, -0.2) is 9.29 Å². The molecule has 3 aliphatic rings. The largest absolute Gasteiger partial charge is 0.373 e. The van der Waals surface area contributed by atoms with E-state index < -0.39 is 5.82 Å². The fraction of sp³-hybridized carbons (Fsp3) is 0.429. The number of amides is 2. The summed E-state index contributed by atoms with van der Waals surface area (Å²) < 4.78 is 18.9. The lowest BCUT2D eigenvalue weighted by molar-refractivity contribution is -0.124. The van der Waals surface area contributed by atoms with Crippen molar-refractivity contribution >= 4 is 17.5 Å². The maximum atomic E-state index is 13.3. The maximum absolute atomic E-state index is 13.3. The Bertz CT molecular complexity index is 560. The second kappa shape index (κ2) is 3.63. The molecule has 3 saturated heterocycles. The van der Waals surface area contributed by atoms with Crippen LogP contribution in [0.5, 0.6) is 0 Å². The first-order valence-corrected chi connectivity index (χ1v) is 6.45. The van der Waals surface area contributed by atoms with Crippen LogP contribution in [0.2, 0.25) is 0 Å². The molecular weight excluding hydrogens is 249 g/mol. The molecule has 4 atom stereocenters. The Morgan fingerprint density at radius 3 is 2.32 bits per heavy atom. The Morgan fingerprint density at radius 1 is 1.11 bits per heavy atom. The van der Waals surface area contributed by atoms with Gasteiger partial charge in [-0.3, -0.25) is 9.59 Å². The molecule has 4 nitrogen and oxygen atoms in total. The number of rotatable bonds is 1. The van der Waals surface area contributed by atoms with Crippen molar-refractivity contribution in [1.29, 1.82) is 0 Å². The van der Waals surface area contributed by atoms with E-state index in [9.17, 15) is 14.0 Å². The zero-order chi connectivity index (χ0) is 13.1. The minimum atomic E-state index is -0.450. The minimum Gasteiger partial charge on any atom is -0.373 e. The van der Waals surface area contributed by atoms with Crippen LogP contribution in [-0.4, -0.2) is 24.0 Å². The van der Waals surface area contributed by atoms with Gasteiger partial charge in [0, 0.05) is 0 Å². The lowest BCUT2D eigenvalue weighted by Gasteiger charge is -2.17. The first-order chi connectivity index (χ1) is 9.16. The number of anilines is 1. The van der Waals surface area contributed by atoms with Crippen LogP contribution in [0.3, 0.4) is 0 Å². The molecule has 2 amide bonds. The van der Waals surface area contributed by atoms with Gasteiger partial charge in [-0.05, 0) is 31.0 Å². The van der Waals surface area contributed by atoms with Crippen molar-refractivity contribution in [2.24, 2.45) is 11.8 Å². The highest BCUT2D eigenvalue weighted by atomic mass is 19.1. The third-order valence-corrected chi connectivity index (χ3v) is 4.35. The van der Waals surface area contributed by atoms with Gasteiger partial charge in [-0.2, -0.15) is 0 Å². The van der Waals surface area contributed by atoms with Crippen molar-refractivity contribution in [2.45, 2.75) is 25.0 Å². The van der Waals surface area contributed by atoms with Crippen molar-refractivity contribution in [3.63, 3.8) is 0 Å². The highest BCUT2D eigenvalue weighted by molar-refractivity contribution is 6.22. The standard InChI is InChI=1S/C14H12FNO3/c15-7-2-1-3-8(6-7)16-13(17)11-9-4-5-10(19-9)12(11)14(16)18/h1-3,6,9-12H,4-5H2/t9-,10+,11-,12-/m0/s1. The summed E-state index contributed by atoms with van der Waals surface area (Å²) in [6.45, 7) is 0. The van der Waals surface area contributed by atoms with E-state index in [0.29, 0.717) is 5.69 Å². The number of carbonyl (C=O) groups is 2. The zero-order valence-corrected chi connectivity index (χ0v) is 10.1. The first kappa shape index (κ1) is 11.1. The summed E-state index contributed by atoms with van der Waals surface area (Å²) in [5.41, 5.74) is 0.323. The number of hydrogen-bond donors (Lipinski definition) is 0. The molecule has 0 saturated carbocycles. The summed E-state index contributed by atoms with van der Waals surface area (Å²) in [7, 11) is 0. The predicted molar refractivity (Wildman–Crippen MR) is 63.8 cm³/mol. The van der Waals surface area contributed by atoms with E-state index in [1.165, 1.54) is 18.2 Å². The van der Waals surface area contributed by atoms with Crippen LogP contribution in [0.1, 0.15) is 12.8 Å². The van der Waals surface area contributed by atoms with Gasteiger partial charge in [-0.1, -0.05) is 6.07 Å². The fourth-order valence-corrected chi connectivity index (χ4v) is 3.58. The quantitative estimate of drug-likeness (QED) is 0.720. The Labute approximate surface area is 109 Å². The molecule has 3 aliphatic heterocycles. The monoisotopic (exact) mass is 261 g/mol. The van der Waals surface area contributed by atoms with Crippen molar-refractivity contribution in [2.75, 3.05) is 4.90 Å². The average molecular weight is 261 g/mol. The highest BCUT2D eigenvalue weighted by Crippen LogP contribution is 2.49. The van der Waals surface area contributed by atoms with Gasteiger partial charge in [0.2, 0.25) is 11.8 Å². The van der Waals surface area contributed by atoms with E-state index in [1.54, 1.807) is 6.07 Å². The highest BCUT2D eigenvalue weighted by Gasteiger charge is 2.62. The predicted octanol–water partition coefficient (Wildman–Crippen LogP) is 1.49. The number of ether oxygens (including phenoxy) is 1. The molecule has 2 bridgehead atoms. The van der Waals surface area contributed by atoms with Gasteiger partial charge < -0.3 is 4.74 Å². The topological polar surface area (TPSA) is 46.6 Å². The summed E-state index contributed by atoms with van der Waals surface area (Å²) in [6, 6.07) is 5.61. The van der Waals surface area contributed by atoms with Crippen LogP contribution in [0.15, 0.2) is 24.3 Å². The SMILES string of the molecule is O=C1[C@@H]2[C@@H](C(=O)N1c1cccc(F)c1)[C@H]1CC[C@@H]2O1. The number of nitrogens with zero attached hydrogens (tertiary/aromatic N) is 1. The molecule has 0 unspecified atom stereocenters. The van der Waals surface area contributed by atoms with Crippen LogP contribution in [0, 0.1) is 17.7 Å². The number of benzene rings is 1. The lowest BCUT2D eigenvalue weighted by Crippen LogP contribution is -2.34. The number of hydrogen-bond acceptors (Lipinski definition) is 3. The maximum Gasteiger partial charge on any atom is 0.240 e. The Balaban J connectivity index is 1.75. The van der Waals surface area contributed by atoms with Crippen LogP contribution >= 0.6 is 0 Å². The lowest BCUT2D eigenvalue weighted by atomic mass is 9.81. The average Bonchev–Trinajstić information content (AvgIpc) is 3.04. The molecular formula is C14H12FNO3. The van der Waals surface area contributed by atoms with E-state index >= 15 is 0 Å². The van der Waals surface area contributed by atoms with Crippen molar-refractivity contribution < 1.29 is 18.7 Å². The van der Waals surface area contributed by atoms with Crippen LogP contribution in [0.4, 0.5) is 10.1 Å². The van der Waals surface area contributed by atoms with E-state index in [1.807, 2.05) is 0 Å². The zero-order valence-electron chi connectivity index (χ0n) is 10.1. The smallest absolute Gasteiger partial charge is 0.240 e. The molecule has 0 radical (unpaired) electrons. The summed E-state index contributed by atoms with van der Waals surface area (Å²) in [6.07, 6.45) is 1.40. The second-order valence-corrected chi connectivity index (χ2v) is 5.33. The molecule has 4 rings (SSSR count). The Morgan fingerprint density at radius 2 is 1.74 bits per heavy atom. The second-order valence-electron chi connectivity index (χ2n) is 5.33. The first-order valence-electron chi connectivity index (χ1n) is 6.45. The molecule has 98 valence electrons. The van der Waals surface area contributed by atoms with Gasteiger partial charge in [0.25, 0.3) is 0 Å². The molecule has 3 heterocycles. The molecule has 0 aliphatic carbocycles. The number of carbonyl (C=O) groups excluding carboxylic acids is 2. The van der Waals surface area contributed by atoms with Crippen LogP contribution in [0.25, 0.3) is 0 Å². The van der Waals surface area contributed by atoms with Crippen molar-refractivity contribution in [3.05, 3.63) is 30.1 Å². The molecule has 0 N–H and O–H groups in total. The molecule has 0 spiro atoms. The summed E-state index contributed by atoms with van der Waals surface area (Å²) in [4.78, 5) is 25.9. The van der Waals surface area contributed by atoms with E-state index in [-0.39, 0.29) is 35.9 Å². The molecule has 0 aromatic heterocycles. The number of fused-ring (bicyclic) bond motifs is 5. The van der Waals surface area contributed by atoms with Crippen molar-refractivity contribution in [3.8, 4) is 0 Å². The van der Waals surface area contributed by atoms with Gasteiger partial charge in [0.15, 0.2) is 0 Å². The third kappa shape index (κ3) is 1.36. The number of imide groups is 1. The number of halogens is 1.